The Kier molecular flexibility index (Phi) is 3.36. The van der Waals surface area contributed by atoms with Crippen molar-refractivity contribution in [3.8, 4) is 0 Å². The van der Waals surface area contributed by atoms with E-state index in [1.54, 1.807) is 0 Å². The number of halogens is 1. The van der Waals surface area contributed by atoms with E-state index in [1.165, 1.54) is 18.6 Å². The maximum atomic E-state index is 4.57. The van der Waals surface area contributed by atoms with Crippen LogP contribution in [0.4, 0.5) is 0 Å². The van der Waals surface area contributed by atoms with Crippen LogP contribution in [0.15, 0.2) is 38.9 Å². The lowest BCUT2D eigenvalue weighted by molar-refractivity contribution is 0.194. The van der Waals surface area contributed by atoms with Gasteiger partial charge in [0.1, 0.15) is 0 Å². The van der Waals surface area contributed by atoms with Crippen LogP contribution in [0.3, 0.4) is 0 Å². The highest BCUT2D eigenvalue weighted by Gasteiger charge is 2.59. The van der Waals surface area contributed by atoms with Crippen LogP contribution in [0, 0.1) is 16.7 Å². The van der Waals surface area contributed by atoms with Gasteiger partial charge in [0.05, 0.1) is 6.21 Å². The standard InChI is InChI=1S/C17H21BrN2/c1-16(2)13-8-9-17(16,3)15(10-13)20-19-11-12-4-6-14(18)7-5-12/h4-7,11,13H,8-10H2,1-3H3/b19-11+,20-15+. The first-order valence-electron chi connectivity index (χ1n) is 7.29. The average Bonchev–Trinajstić information content (AvgIpc) is 2.74. The third kappa shape index (κ3) is 2.07. The largest absolute Gasteiger partial charge is 0.160 e. The molecule has 2 nitrogen and oxygen atoms in total. The van der Waals surface area contributed by atoms with Crippen molar-refractivity contribution in [1.82, 2.24) is 0 Å². The van der Waals surface area contributed by atoms with Crippen molar-refractivity contribution in [2.75, 3.05) is 0 Å². The second kappa shape index (κ2) is 4.80. The minimum Gasteiger partial charge on any atom is -0.160 e. The molecule has 1 aromatic rings. The summed E-state index contributed by atoms with van der Waals surface area (Å²) in [5.74, 6) is 0.786. The molecule has 2 atom stereocenters. The summed E-state index contributed by atoms with van der Waals surface area (Å²) in [4.78, 5) is 0. The first-order valence-corrected chi connectivity index (χ1v) is 8.09. The first kappa shape index (κ1) is 14.0. The maximum Gasteiger partial charge on any atom is 0.0568 e. The summed E-state index contributed by atoms with van der Waals surface area (Å²) in [6, 6.07) is 8.13. The fourth-order valence-electron chi connectivity index (χ4n) is 3.79. The van der Waals surface area contributed by atoms with Crippen molar-refractivity contribution >= 4 is 27.9 Å². The lowest BCUT2D eigenvalue weighted by atomic mass is 9.70. The molecule has 0 amide bonds. The highest BCUT2D eigenvalue weighted by Crippen LogP contribution is 2.63. The SMILES string of the molecule is CC12CCC(C/C1=N\N=C\c1ccc(Br)cc1)C2(C)C. The topological polar surface area (TPSA) is 24.7 Å². The molecule has 20 heavy (non-hydrogen) atoms. The number of benzene rings is 1. The molecule has 0 spiro atoms. The van der Waals surface area contributed by atoms with E-state index in [0.717, 1.165) is 22.4 Å². The second-order valence-electron chi connectivity index (χ2n) is 6.84. The van der Waals surface area contributed by atoms with E-state index in [2.05, 4.69) is 46.9 Å². The van der Waals surface area contributed by atoms with Gasteiger partial charge in [-0.15, -0.1) is 0 Å². The zero-order chi connectivity index (χ0) is 14.4. The molecule has 2 saturated carbocycles. The molecule has 2 fully saturated rings. The van der Waals surface area contributed by atoms with Gasteiger partial charge in [0.2, 0.25) is 0 Å². The molecular weight excluding hydrogens is 312 g/mol. The molecule has 0 N–H and O–H groups in total. The predicted octanol–water partition coefficient (Wildman–Crippen LogP) is 5.07. The molecule has 0 aliphatic heterocycles. The van der Waals surface area contributed by atoms with Crippen LogP contribution in [0.2, 0.25) is 0 Å². The average molecular weight is 333 g/mol. The number of hydrogen-bond acceptors (Lipinski definition) is 2. The van der Waals surface area contributed by atoms with Crippen molar-refractivity contribution in [3.05, 3.63) is 34.3 Å². The van der Waals surface area contributed by atoms with Crippen LogP contribution in [0.25, 0.3) is 0 Å². The minimum absolute atomic E-state index is 0.245. The van der Waals surface area contributed by atoms with Gasteiger partial charge < -0.3 is 0 Å². The maximum absolute atomic E-state index is 4.57. The molecule has 3 heteroatoms. The zero-order valence-corrected chi connectivity index (χ0v) is 13.9. The number of fused-ring (bicyclic) bond motifs is 2. The van der Waals surface area contributed by atoms with E-state index >= 15 is 0 Å². The van der Waals surface area contributed by atoms with E-state index in [1.807, 2.05) is 30.5 Å². The van der Waals surface area contributed by atoms with Crippen molar-refractivity contribution in [3.63, 3.8) is 0 Å². The smallest absolute Gasteiger partial charge is 0.0568 e. The van der Waals surface area contributed by atoms with Gasteiger partial charge in [-0.2, -0.15) is 10.2 Å². The molecule has 2 aliphatic carbocycles. The molecule has 0 heterocycles. The van der Waals surface area contributed by atoms with Gasteiger partial charge in [-0.1, -0.05) is 48.8 Å². The van der Waals surface area contributed by atoms with E-state index in [4.69, 9.17) is 0 Å². The summed E-state index contributed by atoms with van der Waals surface area (Å²) >= 11 is 3.44. The lowest BCUT2D eigenvalue weighted by Gasteiger charge is -2.34. The van der Waals surface area contributed by atoms with E-state index in [0.29, 0.717) is 5.41 Å². The van der Waals surface area contributed by atoms with Gasteiger partial charge in [0.25, 0.3) is 0 Å². The van der Waals surface area contributed by atoms with Crippen LogP contribution in [-0.4, -0.2) is 11.9 Å². The number of rotatable bonds is 2. The van der Waals surface area contributed by atoms with Gasteiger partial charge >= 0.3 is 0 Å². The third-order valence-electron chi connectivity index (χ3n) is 5.77. The number of nitrogens with zero attached hydrogens (tertiary/aromatic N) is 2. The number of hydrogen-bond donors (Lipinski definition) is 0. The Labute approximate surface area is 129 Å². The normalized spacial score (nSPS) is 33.4. The summed E-state index contributed by atoms with van der Waals surface area (Å²) in [5, 5.41) is 8.90. The van der Waals surface area contributed by atoms with E-state index < -0.39 is 0 Å². The summed E-state index contributed by atoms with van der Waals surface area (Å²) < 4.78 is 1.09. The van der Waals surface area contributed by atoms with Gasteiger partial charge in [-0.3, -0.25) is 0 Å². The molecule has 0 saturated heterocycles. The predicted molar refractivity (Wildman–Crippen MR) is 88.4 cm³/mol. The van der Waals surface area contributed by atoms with Gasteiger partial charge in [0.15, 0.2) is 0 Å². The van der Waals surface area contributed by atoms with Crippen LogP contribution >= 0.6 is 15.9 Å². The summed E-state index contributed by atoms with van der Waals surface area (Å²) in [5.41, 5.74) is 3.01. The quantitative estimate of drug-likeness (QED) is 0.533. The zero-order valence-electron chi connectivity index (χ0n) is 12.4. The van der Waals surface area contributed by atoms with E-state index in [-0.39, 0.29) is 5.41 Å². The second-order valence-corrected chi connectivity index (χ2v) is 7.75. The van der Waals surface area contributed by atoms with Crippen molar-refractivity contribution < 1.29 is 0 Å². The Bertz CT molecular complexity index is 571. The van der Waals surface area contributed by atoms with Gasteiger partial charge in [-0.05, 0) is 48.3 Å². The van der Waals surface area contributed by atoms with Crippen LogP contribution < -0.4 is 0 Å². The minimum atomic E-state index is 0.245. The Morgan fingerprint density at radius 3 is 2.45 bits per heavy atom. The molecule has 0 radical (unpaired) electrons. The molecule has 0 aromatic heterocycles. The highest BCUT2D eigenvalue weighted by atomic mass is 79.9. The monoisotopic (exact) mass is 332 g/mol. The Morgan fingerprint density at radius 1 is 1.20 bits per heavy atom. The van der Waals surface area contributed by atoms with Crippen LogP contribution in [-0.2, 0) is 0 Å². The van der Waals surface area contributed by atoms with Crippen molar-refractivity contribution in [1.29, 1.82) is 0 Å². The Morgan fingerprint density at radius 2 is 1.90 bits per heavy atom. The lowest BCUT2D eigenvalue weighted by Crippen LogP contribution is -2.32. The summed E-state index contributed by atoms with van der Waals surface area (Å²) in [6.45, 7) is 7.16. The molecule has 2 bridgehead atoms. The summed E-state index contributed by atoms with van der Waals surface area (Å²) in [6.07, 6.45) is 5.58. The van der Waals surface area contributed by atoms with Crippen molar-refractivity contribution in [2.45, 2.75) is 40.0 Å². The molecule has 2 aliphatic rings. The van der Waals surface area contributed by atoms with Crippen molar-refractivity contribution in [2.24, 2.45) is 27.0 Å². The van der Waals surface area contributed by atoms with Crippen LogP contribution in [0.5, 0.6) is 0 Å². The Balaban J connectivity index is 1.79. The third-order valence-corrected chi connectivity index (χ3v) is 6.30. The first-order chi connectivity index (χ1) is 9.43. The van der Waals surface area contributed by atoms with Crippen LogP contribution in [0.1, 0.15) is 45.6 Å². The van der Waals surface area contributed by atoms with E-state index in [9.17, 15) is 0 Å². The molecule has 106 valence electrons. The van der Waals surface area contributed by atoms with Gasteiger partial charge in [-0.25, -0.2) is 0 Å². The highest BCUT2D eigenvalue weighted by molar-refractivity contribution is 9.10. The Hall–Kier alpha value is -0.960. The van der Waals surface area contributed by atoms with Gasteiger partial charge in [0, 0.05) is 15.6 Å². The molecular formula is C17H21BrN2. The fraction of sp³-hybridized carbons (Fsp3) is 0.529. The fourth-order valence-corrected chi connectivity index (χ4v) is 4.06. The summed E-state index contributed by atoms with van der Waals surface area (Å²) in [7, 11) is 0. The molecule has 3 rings (SSSR count). The molecule has 1 aromatic carbocycles. The molecule has 2 unspecified atom stereocenters.